The van der Waals surface area contributed by atoms with Gasteiger partial charge in [-0.05, 0) is 31.6 Å². The van der Waals surface area contributed by atoms with Gasteiger partial charge in [0.2, 0.25) is 23.6 Å². The number of anilines is 2. The third-order valence-electron chi connectivity index (χ3n) is 9.42. The van der Waals surface area contributed by atoms with E-state index in [-0.39, 0.29) is 29.1 Å². The lowest BCUT2D eigenvalue weighted by molar-refractivity contribution is -0.384. The number of nitro benzene ring substituents is 2. The summed E-state index contributed by atoms with van der Waals surface area (Å²) in [6.07, 6.45) is 0. The van der Waals surface area contributed by atoms with E-state index in [9.17, 15) is 44.2 Å². The maximum atomic E-state index is 14.4. The van der Waals surface area contributed by atoms with E-state index in [1.165, 1.54) is 50.2 Å². The highest BCUT2D eigenvalue weighted by Crippen LogP contribution is 2.73. The summed E-state index contributed by atoms with van der Waals surface area (Å²) in [5, 5.41) is 23.7. The van der Waals surface area contributed by atoms with Gasteiger partial charge < -0.3 is 4.74 Å². The van der Waals surface area contributed by atoms with Crippen LogP contribution in [0.5, 0.6) is 0 Å². The molecule has 2 aliphatic heterocycles. The minimum atomic E-state index is -1.82. The number of carbonyl (C=O) groups is 5. The minimum absolute atomic E-state index is 0.0619. The first-order valence-corrected chi connectivity index (χ1v) is 14.4. The molecule has 4 atom stereocenters. The van der Waals surface area contributed by atoms with Crippen molar-refractivity contribution in [3.05, 3.63) is 79.9 Å². The molecule has 0 radical (unpaired) electrons. The van der Waals surface area contributed by atoms with Gasteiger partial charge >= 0.3 is 5.97 Å². The average molecular weight is 667 g/mol. The maximum Gasteiger partial charge on any atom is 0.334 e. The number of alkyl halides is 1. The van der Waals surface area contributed by atoms with Crippen molar-refractivity contribution in [2.45, 2.75) is 25.1 Å². The molecule has 0 unspecified atom stereocenters. The van der Waals surface area contributed by atoms with E-state index in [2.05, 4.69) is 15.9 Å². The Balaban J connectivity index is 1.61. The van der Waals surface area contributed by atoms with Gasteiger partial charge in [0.05, 0.1) is 44.4 Å². The number of para-hydroxylation sites is 4. The van der Waals surface area contributed by atoms with E-state index < -0.39 is 84.2 Å². The van der Waals surface area contributed by atoms with Gasteiger partial charge in [0.25, 0.3) is 11.4 Å². The van der Waals surface area contributed by atoms with Crippen LogP contribution in [0.15, 0.2) is 59.7 Å². The number of nitro groups is 2. The second-order valence-electron chi connectivity index (χ2n) is 11.2. The second-order valence-corrected chi connectivity index (χ2v) is 12.5. The number of benzene rings is 2. The van der Waals surface area contributed by atoms with Gasteiger partial charge in [-0.1, -0.05) is 47.1 Å². The zero-order valence-corrected chi connectivity index (χ0v) is 25.0. The SMILES string of the molecule is CCOC(=O)C1=C(C)C2(Br)[C@@H]3C(=O)N(c4ccccc4[N+](=O)[O-])C(=O)[C@@H]3C1(C)[C@H]1C(=O)N(c3ccccc3[N+](=O)[O-])C(=O)[C@H]12. The van der Waals surface area contributed by atoms with Crippen LogP contribution in [0.2, 0.25) is 0 Å². The van der Waals surface area contributed by atoms with Crippen LogP contribution in [-0.4, -0.2) is 50.4 Å². The Morgan fingerprint density at radius 1 is 0.818 bits per heavy atom. The lowest BCUT2D eigenvalue weighted by Crippen LogP contribution is -2.67. The standard InChI is InChI=1S/C29H23BrN4O10/c1-4-44-27(39)18-13(2)29(30)21-19(23(35)31(25(21)37)14-9-5-7-11-16(14)33(40)41)28(18,3)20-22(29)26(38)32(24(20)36)15-10-6-8-12-17(15)34(42)43/h5-12,19-22H,4H2,1-3H3/t19-,20-,21+,22+,28?,29?/m1/s1. The fraction of sp³-hybridized carbons (Fsp3) is 0.345. The summed E-state index contributed by atoms with van der Waals surface area (Å²) in [5.41, 5.74) is -3.32. The molecule has 0 spiro atoms. The first kappa shape index (κ1) is 29.3. The molecule has 1 saturated carbocycles. The summed E-state index contributed by atoms with van der Waals surface area (Å²) < 4.78 is 3.54. The summed E-state index contributed by atoms with van der Waals surface area (Å²) in [5.74, 6) is -9.96. The van der Waals surface area contributed by atoms with E-state index in [0.29, 0.717) is 9.80 Å². The summed E-state index contributed by atoms with van der Waals surface area (Å²) >= 11 is 3.59. The van der Waals surface area contributed by atoms with E-state index >= 15 is 0 Å². The van der Waals surface area contributed by atoms with Crippen molar-refractivity contribution in [2.75, 3.05) is 16.4 Å². The van der Waals surface area contributed by atoms with Crippen LogP contribution < -0.4 is 9.80 Å². The van der Waals surface area contributed by atoms with E-state index in [0.717, 1.165) is 12.1 Å². The van der Waals surface area contributed by atoms with Gasteiger partial charge in [0.1, 0.15) is 11.4 Å². The van der Waals surface area contributed by atoms with Crippen LogP contribution in [0.4, 0.5) is 22.7 Å². The number of hydrogen-bond donors (Lipinski definition) is 0. The Morgan fingerprint density at radius 3 is 1.59 bits per heavy atom. The van der Waals surface area contributed by atoms with Gasteiger partial charge in [-0.3, -0.25) is 39.4 Å². The van der Waals surface area contributed by atoms with Crippen molar-refractivity contribution in [3.63, 3.8) is 0 Å². The highest BCUT2D eigenvalue weighted by molar-refractivity contribution is 9.10. The number of rotatable bonds is 6. The molecule has 5 aliphatic rings. The molecule has 2 saturated heterocycles. The number of ether oxygens (including phenoxy) is 1. The zero-order chi connectivity index (χ0) is 32.0. The molecule has 4 amide bonds. The molecule has 14 nitrogen and oxygen atoms in total. The number of carbonyl (C=O) groups excluding carboxylic acids is 5. The van der Waals surface area contributed by atoms with Crippen molar-refractivity contribution in [2.24, 2.45) is 29.1 Å². The molecule has 44 heavy (non-hydrogen) atoms. The number of amides is 4. The molecule has 15 heteroatoms. The molecule has 226 valence electrons. The Bertz CT molecular complexity index is 1680. The predicted octanol–water partition coefficient (Wildman–Crippen LogP) is 3.46. The lowest BCUT2D eigenvalue weighted by Gasteiger charge is -2.59. The third-order valence-corrected chi connectivity index (χ3v) is 11.0. The normalized spacial score (nSPS) is 30.5. The third kappa shape index (κ3) is 3.38. The second kappa shape index (κ2) is 9.61. The summed E-state index contributed by atoms with van der Waals surface area (Å²) in [6, 6.07) is 10.4. The van der Waals surface area contributed by atoms with Gasteiger partial charge in [0.15, 0.2) is 0 Å². The highest BCUT2D eigenvalue weighted by atomic mass is 79.9. The molecular formula is C29H23BrN4O10. The molecular weight excluding hydrogens is 644 g/mol. The molecule has 2 heterocycles. The molecule has 3 fully saturated rings. The summed E-state index contributed by atoms with van der Waals surface area (Å²) in [4.78, 5) is 94.5. The fourth-order valence-corrected chi connectivity index (χ4v) is 8.94. The maximum absolute atomic E-state index is 14.4. The van der Waals surface area contributed by atoms with Crippen molar-refractivity contribution >= 4 is 68.3 Å². The Kier molecular flexibility index (Phi) is 6.39. The van der Waals surface area contributed by atoms with Crippen LogP contribution in [-0.2, 0) is 28.7 Å². The Hall–Kier alpha value is -4.79. The molecule has 2 aromatic rings. The predicted molar refractivity (Wildman–Crippen MR) is 154 cm³/mol. The quantitative estimate of drug-likeness (QED) is 0.145. The van der Waals surface area contributed by atoms with Crippen molar-refractivity contribution in [1.82, 2.24) is 0 Å². The average Bonchev–Trinajstić information content (AvgIpc) is 3.41. The molecule has 0 aromatic heterocycles. The van der Waals surface area contributed by atoms with Gasteiger partial charge in [-0.15, -0.1) is 0 Å². The number of esters is 1. The van der Waals surface area contributed by atoms with Crippen molar-refractivity contribution in [3.8, 4) is 0 Å². The van der Waals surface area contributed by atoms with Crippen LogP contribution in [0.3, 0.4) is 0 Å². The van der Waals surface area contributed by atoms with Crippen LogP contribution >= 0.6 is 15.9 Å². The number of allylic oxidation sites excluding steroid dienone is 1. The highest BCUT2D eigenvalue weighted by Gasteiger charge is 2.82. The van der Waals surface area contributed by atoms with Gasteiger partial charge in [0, 0.05) is 23.1 Å². The topological polar surface area (TPSA) is 187 Å². The van der Waals surface area contributed by atoms with Gasteiger partial charge in [-0.25, -0.2) is 14.6 Å². The molecule has 7 rings (SSSR count). The number of halogens is 1. The van der Waals surface area contributed by atoms with Crippen molar-refractivity contribution < 1.29 is 38.6 Å². The Morgan fingerprint density at radius 2 is 1.20 bits per heavy atom. The summed E-state index contributed by atoms with van der Waals surface area (Å²) in [6.45, 7) is 4.44. The minimum Gasteiger partial charge on any atom is -0.463 e. The van der Waals surface area contributed by atoms with Gasteiger partial charge in [-0.2, -0.15) is 0 Å². The smallest absolute Gasteiger partial charge is 0.334 e. The van der Waals surface area contributed by atoms with E-state index in [1.807, 2.05) is 0 Å². The molecule has 2 aromatic carbocycles. The van der Waals surface area contributed by atoms with E-state index in [4.69, 9.17) is 4.74 Å². The molecule has 0 N–H and O–H groups in total. The first-order valence-electron chi connectivity index (χ1n) is 13.6. The summed E-state index contributed by atoms with van der Waals surface area (Å²) in [7, 11) is 0. The van der Waals surface area contributed by atoms with E-state index in [1.54, 1.807) is 6.92 Å². The van der Waals surface area contributed by atoms with Crippen LogP contribution in [0.1, 0.15) is 20.8 Å². The monoisotopic (exact) mass is 666 g/mol. The largest absolute Gasteiger partial charge is 0.463 e. The number of hydrogen-bond acceptors (Lipinski definition) is 10. The number of imide groups is 2. The molecule has 2 bridgehead atoms. The fourth-order valence-electron chi connectivity index (χ4n) is 7.82. The lowest BCUT2D eigenvalue weighted by atomic mass is 9.43. The van der Waals surface area contributed by atoms with Crippen LogP contribution in [0.25, 0.3) is 0 Å². The number of nitrogens with zero attached hydrogens (tertiary/aromatic N) is 4. The zero-order valence-electron chi connectivity index (χ0n) is 23.4. The molecule has 3 aliphatic carbocycles. The van der Waals surface area contributed by atoms with Crippen LogP contribution in [0, 0.1) is 49.3 Å². The first-order chi connectivity index (χ1) is 20.8. The van der Waals surface area contributed by atoms with Crippen molar-refractivity contribution in [1.29, 1.82) is 0 Å². The Labute approximate surface area is 257 Å².